The van der Waals surface area contributed by atoms with Crippen LogP contribution >= 0.6 is 0 Å². The summed E-state index contributed by atoms with van der Waals surface area (Å²) in [4.78, 5) is 13.5. The fourth-order valence-corrected chi connectivity index (χ4v) is 3.26. The van der Waals surface area contributed by atoms with Crippen LogP contribution in [0.5, 0.6) is 0 Å². The summed E-state index contributed by atoms with van der Waals surface area (Å²) in [6, 6.07) is 8.80. The first-order valence-corrected chi connectivity index (χ1v) is 8.21. The SMILES string of the molecule is Cc1ccccc1C[NH+](C)CC(=O)N[C@H]1CCCC[C@H]1C. The predicted molar refractivity (Wildman–Crippen MR) is 86.2 cm³/mol. The zero-order valence-corrected chi connectivity index (χ0v) is 13.6. The molecule has 21 heavy (non-hydrogen) atoms. The van der Waals surface area contributed by atoms with Crippen LogP contribution in [0.2, 0.25) is 0 Å². The van der Waals surface area contributed by atoms with Crippen molar-refractivity contribution >= 4 is 5.91 Å². The van der Waals surface area contributed by atoms with Gasteiger partial charge in [0, 0.05) is 11.6 Å². The van der Waals surface area contributed by atoms with Gasteiger partial charge >= 0.3 is 0 Å². The number of quaternary nitrogens is 1. The molecule has 1 aromatic carbocycles. The van der Waals surface area contributed by atoms with E-state index in [4.69, 9.17) is 0 Å². The van der Waals surface area contributed by atoms with Gasteiger partial charge in [-0.2, -0.15) is 0 Å². The number of hydrogen-bond donors (Lipinski definition) is 2. The maximum absolute atomic E-state index is 12.2. The Kier molecular flexibility index (Phi) is 5.80. The first kappa shape index (κ1) is 16.0. The summed E-state index contributed by atoms with van der Waals surface area (Å²) in [5.74, 6) is 0.819. The number of rotatable bonds is 5. The largest absolute Gasteiger partial charge is 0.348 e. The Balaban J connectivity index is 1.80. The lowest BCUT2D eigenvalue weighted by Crippen LogP contribution is -3.09. The highest BCUT2D eigenvalue weighted by molar-refractivity contribution is 5.77. The van der Waals surface area contributed by atoms with Crippen molar-refractivity contribution in [1.29, 1.82) is 0 Å². The maximum atomic E-state index is 12.2. The Labute approximate surface area is 128 Å². The summed E-state index contributed by atoms with van der Waals surface area (Å²) in [5.41, 5.74) is 2.63. The number of nitrogens with one attached hydrogen (secondary N) is 2. The van der Waals surface area contributed by atoms with Crippen molar-refractivity contribution in [3.05, 3.63) is 35.4 Å². The number of carbonyl (C=O) groups is 1. The molecule has 1 amide bonds. The second-order valence-corrected chi connectivity index (χ2v) is 6.67. The molecule has 1 aliphatic carbocycles. The van der Waals surface area contributed by atoms with Gasteiger partial charge in [0.2, 0.25) is 0 Å². The highest BCUT2D eigenvalue weighted by Gasteiger charge is 2.23. The molecule has 0 spiro atoms. The van der Waals surface area contributed by atoms with E-state index in [-0.39, 0.29) is 5.91 Å². The molecule has 0 aromatic heterocycles. The number of likely N-dealkylation sites (N-methyl/N-ethyl adjacent to an activating group) is 1. The highest BCUT2D eigenvalue weighted by Crippen LogP contribution is 2.23. The van der Waals surface area contributed by atoms with Crippen molar-refractivity contribution in [3.63, 3.8) is 0 Å². The first-order chi connectivity index (χ1) is 10.1. The first-order valence-electron chi connectivity index (χ1n) is 8.21. The van der Waals surface area contributed by atoms with Gasteiger partial charge in [-0.25, -0.2) is 0 Å². The Morgan fingerprint density at radius 3 is 2.71 bits per heavy atom. The summed E-state index contributed by atoms with van der Waals surface area (Å²) in [6.45, 7) is 5.85. The van der Waals surface area contributed by atoms with E-state index in [1.165, 1.54) is 35.3 Å². The molecular weight excluding hydrogens is 260 g/mol. The van der Waals surface area contributed by atoms with Crippen LogP contribution in [-0.2, 0) is 11.3 Å². The van der Waals surface area contributed by atoms with Crippen LogP contribution in [0.25, 0.3) is 0 Å². The van der Waals surface area contributed by atoms with Crippen LogP contribution in [0.15, 0.2) is 24.3 Å². The van der Waals surface area contributed by atoms with Crippen LogP contribution in [0.4, 0.5) is 0 Å². The van der Waals surface area contributed by atoms with E-state index in [2.05, 4.69) is 50.5 Å². The topological polar surface area (TPSA) is 33.5 Å². The minimum Gasteiger partial charge on any atom is -0.348 e. The van der Waals surface area contributed by atoms with E-state index in [9.17, 15) is 4.79 Å². The molecule has 0 heterocycles. The van der Waals surface area contributed by atoms with Gasteiger partial charge in [0.05, 0.1) is 7.05 Å². The number of carbonyl (C=O) groups excluding carboxylic acids is 1. The molecule has 0 aliphatic heterocycles. The molecule has 1 aliphatic rings. The summed E-state index contributed by atoms with van der Waals surface area (Å²) in [5, 5.41) is 3.24. The van der Waals surface area contributed by atoms with E-state index in [1.54, 1.807) is 0 Å². The molecule has 0 bridgehead atoms. The van der Waals surface area contributed by atoms with Crippen molar-refractivity contribution in [3.8, 4) is 0 Å². The summed E-state index contributed by atoms with van der Waals surface area (Å²) in [7, 11) is 2.09. The molecule has 3 nitrogen and oxygen atoms in total. The predicted octanol–water partition coefficient (Wildman–Crippen LogP) is 1.70. The van der Waals surface area contributed by atoms with Crippen molar-refractivity contribution < 1.29 is 9.69 Å². The minimum atomic E-state index is 0.194. The molecular formula is C18H29N2O+. The van der Waals surface area contributed by atoms with Gasteiger partial charge in [-0.05, 0) is 31.2 Å². The molecule has 1 saturated carbocycles. The van der Waals surface area contributed by atoms with Gasteiger partial charge < -0.3 is 10.2 Å². The van der Waals surface area contributed by atoms with E-state index >= 15 is 0 Å². The number of amides is 1. The van der Waals surface area contributed by atoms with Crippen LogP contribution in [-0.4, -0.2) is 25.5 Å². The molecule has 2 rings (SSSR count). The van der Waals surface area contributed by atoms with Crippen molar-refractivity contribution in [2.75, 3.05) is 13.6 Å². The molecule has 3 heteroatoms. The highest BCUT2D eigenvalue weighted by atomic mass is 16.2. The number of aryl methyl sites for hydroxylation is 1. The van der Waals surface area contributed by atoms with Crippen molar-refractivity contribution in [2.24, 2.45) is 5.92 Å². The van der Waals surface area contributed by atoms with Gasteiger partial charge in [0.1, 0.15) is 6.54 Å². The monoisotopic (exact) mass is 289 g/mol. The molecule has 1 unspecified atom stereocenters. The van der Waals surface area contributed by atoms with E-state index in [0.717, 1.165) is 13.0 Å². The fourth-order valence-electron chi connectivity index (χ4n) is 3.26. The Morgan fingerprint density at radius 2 is 2.00 bits per heavy atom. The minimum absolute atomic E-state index is 0.194. The maximum Gasteiger partial charge on any atom is 0.275 e. The lowest BCUT2D eigenvalue weighted by Gasteiger charge is -2.29. The summed E-state index contributed by atoms with van der Waals surface area (Å²) >= 11 is 0. The second kappa shape index (κ2) is 7.60. The average Bonchev–Trinajstić information content (AvgIpc) is 2.44. The zero-order chi connectivity index (χ0) is 15.2. The summed E-state index contributed by atoms with van der Waals surface area (Å²) < 4.78 is 0. The molecule has 116 valence electrons. The Morgan fingerprint density at radius 1 is 1.29 bits per heavy atom. The quantitative estimate of drug-likeness (QED) is 0.850. The van der Waals surface area contributed by atoms with Gasteiger partial charge in [-0.3, -0.25) is 4.79 Å². The lowest BCUT2D eigenvalue weighted by molar-refractivity contribution is -0.885. The van der Waals surface area contributed by atoms with Crippen LogP contribution < -0.4 is 10.2 Å². The van der Waals surface area contributed by atoms with Gasteiger partial charge in [0.25, 0.3) is 5.91 Å². The Hall–Kier alpha value is -1.35. The van der Waals surface area contributed by atoms with E-state index in [0.29, 0.717) is 18.5 Å². The van der Waals surface area contributed by atoms with E-state index in [1.807, 2.05) is 0 Å². The van der Waals surface area contributed by atoms with Gasteiger partial charge in [-0.15, -0.1) is 0 Å². The molecule has 2 N–H and O–H groups in total. The van der Waals surface area contributed by atoms with Crippen LogP contribution in [0.3, 0.4) is 0 Å². The smallest absolute Gasteiger partial charge is 0.275 e. The molecule has 1 aromatic rings. The van der Waals surface area contributed by atoms with E-state index < -0.39 is 0 Å². The third kappa shape index (κ3) is 4.85. The van der Waals surface area contributed by atoms with Crippen LogP contribution in [0, 0.1) is 12.8 Å². The van der Waals surface area contributed by atoms with Gasteiger partial charge in [-0.1, -0.05) is 44.0 Å². The standard InChI is InChI=1S/C18H28N2O/c1-14-8-4-6-10-16(14)12-20(3)13-18(21)19-17-11-7-5-9-15(17)2/h4,6,8,10,15,17H,5,7,9,11-13H2,1-3H3,(H,19,21)/p+1/t15-,17+/m1/s1. The zero-order valence-electron chi connectivity index (χ0n) is 13.6. The molecule has 1 fully saturated rings. The van der Waals surface area contributed by atoms with Gasteiger partial charge in [0.15, 0.2) is 6.54 Å². The van der Waals surface area contributed by atoms with Crippen molar-refractivity contribution in [1.82, 2.24) is 5.32 Å². The van der Waals surface area contributed by atoms with Crippen molar-refractivity contribution in [2.45, 2.75) is 52.1 Å². The summed E-state index contributed by atoms with van der Waals surface area (Å²) in [6.07, 6.45) is 4.95. The third-order valence-electron chi connectivity index (χ3n) is 4.67. The molecule has 0 radical (unpaired) electrons. The lowest BCUT2D eigenvalue weighted by atomic mass is 9.86. The Bertz CT molecular complexity index is 472. The molecule has 0 saturated heterocycles. The average molecular weight is 289 g/mol. The molecule has 3 atom stereocenters. The number of benzene rings is 1. The fraction of sp³-hybridized carbons (Fsp3) is 0.611. The number of hydrogen-bond acceptors (Lipinski definition) is 1. The normalized spacial score (nSPS) is 23.6. The van der Waals surface area contributed by atoms with Crippen LogP contribution in [0.1, 0.15) is 43.7 Å². The second-order valence-electron chi connectivity index (χ2n) is 6.67. The third-order valence-corrected chi connectivity index (χ3v) is 4.67.